The summed E-state index contributed by atoms with van der Waals surface area (Å²) < 4.78 is 7.13. The van der Waals surface area contributed by atoms with Crippen molar-refractivity contribution in [2.75, 3.05) is 0 Å². The van der Waals surface area contributed by atoms with Crippen LogP contribution in [-0.2, 0) is 18.3 Å². The number of rotatable bonds is 4. The predicted molar refractivity (Wildman–Crippen MR) is 152 cm³/mol. The third kappa shape index (κ3) is 4.87. The topological polar surface area (TPSA) is 113 Å². The van der Waals surface area contributed by atoms with E-state index < -0.39 is 11.7 Å². The van der Waals surface area contributed by atoms with Gasteiger partial charge in [-0.1, -0.05) is 30.3 Å². The van der Waals surface area contributed by atoms with Crippen molar-refractivity contribution in [2.45, 2.75) is 39.8 Å². The number of nitriles is 1. The van der Waals surface area contributed by atoms with E-state index in [0.29, 0.717) is 16.3 Å². The molecule has 0 bridgehead atoms. The first-order chi connectivity index (χ1) is 18.6. The molecule has 0 aliphatic carbocycles. The summed E-state index contributed by atoms with van der Waals surface area (Å²) in [4.78, 5) is 27.6. The number of pyridine rings is 1. The van der Waals surface area contributed by atoms with Crippen LogP contribution in [0.5, 0.6) is 0 Å². The highest BCUT2D eigenvalue weighted by molar-refractivity contribution is 5.99. The van der Waals surface area contributed by atoms with Crippen LogP contribution in [0.4, 0.5) is 4.79 Å². The first-order valence-electron chi connectivity index (χ1n) is 12.6. The van der Waals surface area contributed by atoms with Crippen LogP contribution in [0.2, 0.25) is 0 Å². The molecule has 0 radical (unpaired) electrons. The SMILES string of the molecule is Cc1cc(-c2c(-c3ccc4c(=O)[nH]cc(CNC(=O)OC(C)(C)C)c4c3)cnn2C)c(C#N)c2ccccc12. The molecule has 196 valence electrons. The number of nitrogens with zero attached hydrogens (tertiary/aromatic N) is 3. The van der Waals surface area contributed by atoms with Gasteiger partial charge in [-0.25, -0.2) is 4.79 Å². The number of aryl methyl sites for hydroxylation is 2. The number of nitrogens with one attached hydrogen (secondary N) is 2. The lowest BCUT2D eigenvalue weighted by Gasteiger charge is -2.20. The van der Waals surface area contributed by atoms with E-state index >= 15 is 0 Å². The molecule has 2 N–H and O–H groups in total. The molecule has 0 unspecified atom stereocenters. The van der Waals surface area contributed by atoms with Gasteiger partial charge in [0.25, 0.3) is 5.56 Å². The van der Waals surface area contributed by atoms with Gasteiger partial charge >= 0.3 is 6.09 Å². The highest BCUT2D eigenvalue weighted by atomic mass is 16.6. The number of amides is 1. The van der Waals surface area contributed by atoms with Crippen molar-refractivity contribution < 1.29 is 9.53 Å². The van der Waals surface area contributed by atoms with Gasteiger partial charge in [0.1, 0.15) is 11.7 Å². The van der Waals surface area contributed by atoms with Gasteiger partial charge in [0.15, 0.2) is 0 Å². The Hall–Kier alpha value is -4.90. The molecule has 8 heteroatoms. The molecule has 0 fully saturated rings. The maximum Gasteiger partial charge on any atom is 0.407 e. The second-order valence-electron chi connectivity index (χ2n) is 10.6. The van der Waals surface area contributed by atoms with Crippen LogP contribution in [0.1, 0.15) is 37.5 Å². The minimum atomic E-state index is -0.621. The zero-order chi connectivity index (χ0) is 27.9. The molecule has 0 aliphatic heterocycles. The Bertz CT molecular complexity index is 1850. The first-order valence-corrected chi connectivity index (χ1v) is 12.6. The second-order valence-corrected chi connectivity index (χ2v) is 10.6. The fourth-order valence-electron chi connectivity index (χ4n) is 4.94. The van der Waals surface area contributed by atoms with Crippen molar-refractivity contribution in [3.63, 3.8) is 0 Å². The average molecular weight is 520 g/mol. The lowest BCUT2D eigenvalue weighted by molar-refractivity contribution is 0.0523. The standard InChI is InChI=1S/C31H29N5O3/c1-18-12-25(26(14-32)22-9-7-6-8-21(18)22)28-27(17-35-36(28)5)19-10-11-23-24(13-19)20(15-33-29(23)37)16-34-30(38)39-31(2,3)4/h6-13,15,17H,16H2,1-5H3,(H,33,37)(H,34,38). The molecule has 0 saturated carbocycles. The Morgan fingerprint density at radius 1 is 1.08 bits per heavy atom. The molecule has 1 amide bonds. The summed E-state index contributed by atoms with van der Waals surface area (Å²) in [5.41, 5.74) is 4.81. The Labute approximate surface area is 225 Å². The normalized spacial score (nSPS) is 11.5. The summed E-state index contributed by atoms with van der Waals surface area (Å²) in [6.07, 6.45) is 2.84. The van der Waals surface area contributed by atoms with Crippen molar-refractivity contribution in [3.05, 3.63) is 88.0 Å². The van der Waals surface area contributed by atoms with Crippen LogP contribution < -0.4 is 10.9 Å². The number of H-pyrrole nitrogens is 1. The number of aromatic amines is 1. The van der Waals surface area contributed by atoms with Crippen LogP contribution in [0.3, 0.4) is 0 Å². The van der Waals surface area contributed by atoms with Gasteiger partial charge in [-0.05, 0) is 73.4 Å². The molecule has 3 aromatic carbocycles. The molecule has 2 heterocycles. The summed E-state index contributed by atoms with van der Waals surface area (Å²) in [6, 6.07) is 17.9. The molecule has 39 heavy (non-hydrogen) atoms. The molecule has 0 saturated heterocycles. The number of hydrogen-bond donors (Lipinski definition) is 2. The highest BCUT2D eigenvalue weighted by Crippen LogP contribution is 2.38. The summed E-state index contributed by atoms with van der Waals surface area (Å²) in [5.74, 6) is 0. The number of aromatic nitrogens is 3. The summed E-state index contributed by atoms with van der Waals surface area (Å²) in [6.45, 7) is 7.61. The predicted octanol–water partition coefficient (Wildman–Crippen LogP) is 5.95. The molecule has 5 aromatic rings. The van der Waals surface area contributed by atoms with Gasteiger partial charge in [0.05, 0.1) is 17.5 Å². The molecule has 0 spiro atoms. The number of alkyl carbamates (subject to hydrolysis) is 1. The smallest absolute Gasteiger partial charge is 0.407 e. The average Bonchev–Trinajstić information content (AvgIpc) is 3.28. The zero-order valence-corrected chi connectivity index (χ0v) is 22.5. The van der Waals surface area contributed by atoms with Crippen molar-refractivity contribution in [3.8, 4) is 28.5 Å². The van der Waals surface area contributed by atoms with Crippen LogP contribution in [0, 0.1) is 18.3 Å². The summed E-state index contributed by atoms with van der Waals surface area (Å²) in [7, 11) is 1.85. The number of carbonyl (C=O) groups excluding carboxylic acids is 1. The van der Waals surface area contributed by atoms with Gasteiger partial charge < -0.3 is 15.0 Å². The minimum Gasteiger partial charge on any atom is -0.444 e. The van der Waals surface area contributed by atoms with Crippen LogP contribution in [0.25, 0.3) is 43.9 Å². The van der Waals surface area contributed by atoms with Gasteiger partial charge in [0, 0.05) is 41.7 Å². The monoisotopic (exact) mass is 519 g/mol. The molecular weight excluding hydrogens is 490 g/mol. The number of ether oxygens (including phenoxy) is 1. The number of carbonyl (C=O) groups is 1. The molecule has 0 atom stereocenters. The molecule has 5 rings (SSSR count). The number of benzene rings is 3. The first kappa shape index (κ1) is 25.7. The van der Waals surface area contributed by atoms with Gasteiger partial charge in [0.2, 0.25) is 0 Å². The van der Waals surface area contributed by atoms with Gasteiger partial charge in [-0.3, -0.25) is 9.48 Å². The largest absolute Gasteiger partial charge is 0.444 e. The molecule has 0 aliphatic rings. The van der Waals surface area contributed by atoms with Gasteiger partial charge in [-0.2, -0.15) is 10.4 Å². The number of fused-ring (bicyclic) bond motifs is 2. The van der Waals surface area contributed by atoms with E-state index in [1.807, 2.05) is 56.4 Å². The fourth-order valence-corrected chi connectivity index (χ4v) is 4.94. The molecule has 8 nitrogen and oxygen atoms in total. The lowest BCUT2D eigenvalue weighted by atomic mass is 9.91. The fraction of sp³-hybridized carbons (Fsp3) is 0.226. The Morgan fingerprint density at radius 3 is 2.54 bits per heavy atom. The van der Waals surface area contributed by atoms with Gasteiger partial charge in [-0.15, -0.1) is 0 Å². The quantitative estimate of drug-likeness (QED) is 0.304. The van der Waals surface area contributed by atoms with Crippen molar-refractivity contribution in [1.29, 1.82) is 5.26 Å². The second kappa shape index (κ2) is 9.76. The third-order valence-electron chi connectivity index (χ3n) is 6.68. The van der Waals surface area contributed by atoms with Crippen LogP contribution >= 0.6 is 0 Å². The molecule has 2 aromatic heterocycles. The van der Waals surface area contributed by atoms with E-state index in [0.717, 1.165) is 44.3 Å². The Kier molecular flexibility index (Phi) is 6.44. The van der Waals surface area contributed by atoms with Crippen molar-refractivity contribution >= 4 is 27.6 Å². The number of hydrogen-bond acceptors (Lipinski definition) is 5. The van der Waals surface area contributed by atoms with E-state index in [1.165, 1.54) is 0 Å². The molecular formula is C31H29N5O3. The van der Waals surface area contributed by atoms with E-state index in [2.05, 4.69) is 21.5 Å². The third-order valence-corrected chi connectivity index (χ3v) is 6.68. The van der Waals surface area contributed by atoms with Crippen LogP contribution in [0.15, 0.2) is 65.7 Å². The summed E-state index contributed by atoms with van der Waals surface area (Å²) >= 11 is 0. The van der Waals surface area contributed by atoms with Crippen molar-refractivity contribution in [2.24, 2.45) is 7.05 Å². The lowest BCUT2D eigenvalue weighted by Crippen LogP contribution is -2.32. The highest BCUT2D eigenvalue weighted by Gasteiger charge is 2.20. The van der Waals surface area contributed by atoms with E-state index in [-0.39, 0.29) is 12.1 Å². The Balaban J connectivity index is 1.63. The maximum atomic E-state index is 12.6. The Morgan fingerprint density at radius 2 is 1.82 bits per heavy atom. The minimum absolute atomic E-state index is 0.175. The van der Waals surface area contributed by atoms with E-state index in [1.54, 1.807) is 43.9 Å². The van der Waals surface area contributed by atoms with Crippen LogP contribution in [-0.4, -0.2) is 26.5 Å². The zero-order valence-electron chi connectivity index (χ0n) is 22.5. The van der Waals surface area contributed by atoms with E-state index in [4.69, 9.17) is 4.74 Å². The maximum absolute atomic E-state index is 12.6. The van der Waals surface area contributed by atoms with E-state index in [9.17, 15) is 14.9 Å². The van der Waals surface area contributed by atoms with Crippen molar-refractivity contribution in [1.82, 2.24) is 20.1 Å². The summed E-state index contributed by atoms with van der Waals surface area (Å²) in [5, 5.41) is 20.6.